The SMILES string of the molecule is C/C=C/C(=N\N(C)CC/C(=C\CC)Nc1ccc(N2CCN(C)CC2)cc1)C(C)(C)C. The molecule has 1 fully saturated rings. The minimum Gasteiger partial charge on any atom is -0.369 e. The fourth-order valence-corrected chi connectivity index (χ4v) is 3.57. The average Bonchev–Trinajstić information content (AvgIpc) is 2.72. The minimum atomic E-state index is 0.0344. The highest BCUT2D eigenvalue weighted by molar-refractivity contribution is 5.98. The third-order valence-electron chi connectivity index (χ3n) is 5.57. The Balaban J connectivity index is 1.96. The zero-order valence-corrected chi connectivity index (χ0v) is 20.8. The molecule has 1 aliphatic heterocycles. The number of hydrogen-bond acceptors (Lipinski definition) is 5. The second-order valence-corrected chi connectivity index (χ2v) is 9.47. The monoisotopic (exact) mass is 425 g/mol. The van der Waals surface area contributed by atoms with Crippen LogP contribution in [-0.4, -0.2) is 62.4 Å². The molecule has 172 valence electrons. The van der Waals surface area contributed by atoms with Gasteiger partial charge in [0.1, 0.15) is 0 Å². The van der Waals surface area contributed by atoms with Gasteiger partial charge in [-0.2, -0.15) is 5.10 Å². The van der Waals surface area contributed by atoms with Crippen LogP contribution in [0.2, 0.25) is 0 Å². The van der Waals surface area contributed by atoms with Crippen molar-refractivity contribution in [2.75, 3.05) is 57.0 Å². The normalized spacial score (nSPS) is 16.8. The van der Waals surface area contributed by atoms with Crippen molar-refractivity contribution in [2.24, 2.45) is 10.5 Å². The van der Waals surface area contributed by atoms with Crippen molar-refractivity contribution < 1.29 is 0 Å². The maximum atomic E-state index is 4.84. The summed E-state index contributed by atoms with van der Waals surface area (Å²) >= 11 is 0. The number of anilines is 2. The number of nitrogens with zero attached hydrogens (tertiary/aromatic N) is 4. The molecule has 0 atom stereocenters. The first-order valence-electron chi connectivity index (χ1n) is 11.7. The van der Waals surface area contributed by atoms with Crippen LogP contribution in [0.25, 0.3) is 0 Å². The lowest BCUT2D eigenvalue weighted by Crippen LogP contribution is -2.44. The molecule has 1 N–H and O–H groups in total. The van der Waals surface area contributed by atoms with E-state index in [0.29, 0.717) is 0 Å². The summed E-state index contributed by atoms with van der Waals surface area (Å²) in [5.74, 6) is 0. The van der Waals surface area contributed by atoms with E-state index in [4.69, 9.17) is 5.10 Å². The fraction of sp³-hybridized carbons (Fsp3) is 0.577. The van der Waals surface area contributed by atoms with E-state index in [0.717, 1.165) is 57.0 Å². The van der Waals surface area contributed by atoms with Crippen LogP contribution >= 0.6 is 0 Å². The molecule has 0 aliphatic carbocycles. The van der Waals surface area contributed by atoms with Crippen LogP contribution in [0.3, 0.4) is 0 Å². The fourth-order valence-electron chi connectivity index (χ4n) is 3.57. The molecule has 0 unspecified atom stereocenters. The van der Waals surface area contributed by atoms with E-state index in [1.807, 2.05) is 6.92 Å². The van der Waals surface area contributed by atoms with Crippen molar-refractivity contribution in [1.82, 2.24) is 9.91 Å². The van der Waals surface area contributed by atoms with E-state index >= 15 is 0 Å². The highest BCUT2D eigenvalue weighted by atomic mass is 15.4. The maximum Gasteiger partial charge on any atom is 0.0655 e. The largest absolute Gasteiger partial charge is 0.369 e. The summed E-state index contributed by atoms with van der Waals surface area (Å²) in [6.45, 7) is 16.2. The van der Waals surface area contributed by atoms with Crippen molar-refractivity contribution in [3.05, 3.63) is 48.2 Å². The summed E-state index contributed by atoms with van der Waals surface area (Å²) in [5, 5.41) is 10.5. The Bertz CT molecular complexity index is 747. The van der Waals surface area contributed by atoms with Crippen LogP contribution in [0.1, 0.15) is 47.5 Å². The Morgan fingerprint density at radius 1 is 1.13 bits per heavy atom. The van der Waals surface area contributed by atoms with Gasteiger partial charge in [-0.25, -0.2) is 0 Å². The predicted molar refractivity (Wildman–Crippen MR) is 137 cm³/mol. The smallest absolute Gasteiger partial charge is 0.0655 e. The summed E-state index contributed by atoms with van der Waals surface area (Å²) in [6, 6.07) is 8.87. The van der Waals surface area contributed by atoms with E-state index in [2.05, 4.69) is 104 Å². The molecule has 1 heterocycles. The first kappa shape index (κ1) is 25.0. The second-order valence-electron chi connectivity index (χ2n) is 9.47. The number of piperazine rings is 1. The summed E-state index contributed by atoms with van der Waals surface area (Å²) in [4.78, 5) is 4.86. The molecule has 0 amide bonds. The van der Waals surface area contributed by atoms with Crippen LogP contribution < -0.4 is 10.2 Å². The topological polar surface area (TPSA) is 34.1 Å². The first-order valence-corrected chi connectivity index (χ1v) is 11.7. The van der Waals surface area contributed by atoms with Gasteiger partial charge in [-0.1, -0.05) is 39.8 Å². The van der Waals surface area contributed by atoms with E-state index in [9.17, 15) is 0 Å². The minimum absolute atomic E-state index is 0.0344. The van der Waals surface area contributed by atoms with Gasteiger partial charge in [0.15, 0.2) is 0 Å². The number of allylic oxidation sites excluding steroid dienone is 3. The highest BCUT2D eigenvalue weighted by Crippen LogP contribution is 2.21. The van der Waals surface area contributed by atoms with E-state index < -0.39 is 0 Å². The summed E-state index contributed by atoms with van der Waals surface area (Å²) < 4.78 is 0. The molecule has 0 saturated carbocycles. The second kappa shape index (κ2) is 11.9. The molecule has 0 radical (unpaired) electrons. The molecule has 1 aromatic carbocycles. The molecule has 0 spiro atoms. The Hall–Kier alpha value is -2.27. The van der Waals surface area contributed by atoms with Gasteiger partial charge in [0.05, 0.1) is 5.71 Å². The molecule has 2 rings (SSSR count). The third kappa shape index (κ3) is 8.41. The number of hydrogen-bond donors (Lipinski definition) is 1. The average molecular weight is 426 g/mol. The van der Waals surface area contributed by atoms with Gasteiger partial charge in [0.25, 0.3) is 0 Å². The van der Waals surface area contributed by atoms with Crippen LogP contribution in [-0.2, 0) is 0 Å². The molecule has 1 aliphatic rings. The van der Waals surface area contributed by atoms with Crippen molar-refractivity contribution in [1.29, 1.82) is 0 Å². The third-order valence-corrected chi connectivity index (χ3v) is 5.57. The lowest BCUT2D eigenvalue weighted by Gasteiger charge is -2.34. The van der Waals surface area contributed by atoms with Gasteiger partial charge >= 0.3 is 0 Å². The van der Waals surface area contributed by atoms with Gasteiger partial charge in [0, 0.05) is 68.7 Å². The van der Waals surface area contributed by atoms with Gasteiger partial charge in [-0.15, -0.1) is 0 Å². The highest BCUT2D eigenvalue weighted by Gasteiger charge is 2.17. The van der Waals surface area contributed by atoms with Crippen LogP contribution in [0.5, 0.6) is 0 Å². The van der Waals surface area contributed by atoms with Crippen molar-refractivity contribution in [3.63, 3.8) is 0 Å². The van der Waals surface area contributed by atoms with Crippen molar-refractivity contribution in [2.45, 2.75) is 47.5 Å². The Labute approximate surface area is 190 Å². The lowest BCUT2D eigenvalue weighted by atomic mass is 9.90. The lowest BCUT2D eigenvalue weighted by molar-refractivity contribution is 0.313. The molecular formula is C26H43N5. The molecule has 5 heteroatoms. The standard InChI is InChI=1S/C26H43N5/c1-8-10-22(16-17-30(7)28-25(11-9-2)26(3,4)5)27-23-12-14-24(15-13-23)31-20-18-29(6)19-21-31/h9-15,27H,8,16-21H2,1-7H3/b11-9+,22-10+,28-25+. The molecule has 0 aromatic heterocycles. The Morgan fingerprint density at radius 3 is 2.32 bits per heavy atom. The first-order chi connectivity index (χ1) is 14.7. The molecular weight excluding hydrogens is 382 g/mol. The number of benzene rings is 1. The van der Waals surface area contributed by atoms with Crippen LogP contribution in [0.15, 0.2) is 53.3 Å². The van der Waals surface area contributed by atoms with E-state index in [1.165, 1.54) is 11.4 Å². The van der Waals surface area contributed by atoms with Crippen molar-refractivity contribution in [3.8, 4) is 0 Å². The Kier molecular flexibility index (Phi) is 9.63. The summed E-state index contributed by atoms with van der Waals surface area (Å²) in [6.07, 6.45) is 8.40. The molecule has 5 nitrogen and oxygen atoms in total. The molecule has 0 bridgehead atoms. The zero-order valence-electron chi connectivity index (χ0n) is 20.8. The molecule has 31 heavy (non-hydrogen) atoms. The van der Waals surface area contributed by atoms with Gasteiger partial charge < -0.3 is 15.1 Å². The number of likely N-dealkylation sites (N-methyl/N-ethyl adjacent to an activating group) is 1. The molecule has 1 aromatic rings. The van der Waals surface area contributed by atoms with Gasteiger partial charge in [0.2, 0.25) is 0 Å². The zero-order chi connectivity index (χ0) is 22.9. The van der Waals surface area contributed by atoms with Crippen LogP contribution in [0, 0.1) is 5.41 Å². The summed E-state index contributed by atoms with van der Waals surface area (Å²) in [5.41, 5.74) is 4.85. The molecule has 1 saturated heterocycles. The predicted octanol–water partition coefficient (Wildman–Crippen LogP) is 5.44. The van der Waals surface area contributed by atoms with Gasteiger partial charge in [-0.05, 0) is 50.7 Å². The van der Waals surface area contributed by atoms with Gasteiger partial charge in [-0.3, -0.25) is 5.01 Å². The van der Waals surface area contributed by atoms with Crippen LogP contribution in [0.4, 0.5) is 11.4 Å². The number of rotatable bonds is 9. The number of hydrazone groups is 1. The van der Waals surface area contributed by atoms with E-state index in [1.54, 1.807) is 0 Å². The van der Waals surface area contributed by atoms with Crippen molar-refractivity contribution >= 4 is 17.1 Å². The Morgan fingerprint density at radius 2 is 1.77 bits per heavy atom. The summed E-state index contributed by atoms with van der Waals surface area (Å²) in [7, 11) is 4.25. The quantitative estimate of drug-likeness (QED) is 0.422. The number of nitrogens with one attached hydrogen (secondary N) is 1. The van der Waals surface area contributed by atoms with E-state index in [-0.39, 0.29) is 5.41 Å². The maximum absolute atomic E-state index is 4.84.